The third kappa shape index (κ3) is 3.93. The van der Waals surface area contributed by atoms with E-state index in [1.807, 2.05) is 34.9 Å². The molecule has 264 valence electrons. The highest BCUT2D eigenvalue weighted by atomic mass is 16.1. The van der Waals surface area contributed by atoms with Crippen LogP contribution in [-0.4, -0.2) is 13.7 Å². The first kappa shape index (κ1) is 30.6. The third-order valence-electron chi connectivity index (χ3n) is 12.4. The standard InChI is InChI=1S/C53H31N3O/c57-53-43-29-31-47-50(41-21-10-12-25-45(41)56(47)46-30-28-38-35-19-8-7-18-34(35)37-22-13-23-40(46)48(37)38)49(43)42-27-26-39-36-20-9-11-24-44(36)54(32-14-3-1-4-15-32)51(39)52(42)55(53)33-16-5-2-6-17-33/h1-31H. The Morgan fingerprint density at radius 2 is 0.825 bits per heavy atom. The average molecular weight is 726 g/mol. The second-order valence-electron chi connectivity index (χ2n) is 15.2. The molecule has 3 aromatic heterocycles. The smallest absolute Gasteiger partial charge is 0.263 e. The van der Waals surface area contributed by atoms with Crippen LogP contribution in [-0.2, 0) is 0 Å². The second kappa shape index (κ2) is 11.2. The largest absolute Gasteiger partial charge is 0.309 e. The number of pyridine rings is 1. The Labute approximate surface area is 326 Å². The van der Waals surface area contributed by atoms with Gasteiger partial charge in [-0.1, -0.05) is 133 Å². The summed E-state index contributed by atoms with van der Waals surface area (Å²) in [6.07, 6.45) is 0. The molecule has 4 nitrogen and oxygen atoms in total. The van der Waals surface area contributed by atoms with E-state index in [2.05, 4.69) is 167 Å². The monoisotopic (exact) mass is 725 g/mol. The van der Waals surface area contributed by atoms with Gasteiger partial charge in [-0.05, 0) is 82.2 Å². The first-order valence-corrected chi connectivity index (χ1v) is 19.5. The van der Waals surface area contributed by atoms with Crippen molar-refractivity contribution in [2.24, 2.45) is 0 Å². The van der Waals surface area contributed by atoms with Crippen molar-refractivity contribution < 1.29 is 0 Å². The zero-order valence-electron chi connectivity index (χ0n) is 30.6. The van der Waals surface area contributed by atoms with Crippen LogP contribution >= 0.6 is 0 Å². The van der Waals surface area contributed by atoms with Gasteiger partial charge in [-0.3, -0.25) is 9.36 Å². The molecule has 13 rings (SSSR count). The molecule has 0 N–H and O–H groups in total. The minimum Gasteiger partial charge on any atom is -0.309 e. The lowest BCUT2D eigenvalue weighted by atomic mass is 9.98. The summed E-state index contributed by atoms with van der Waals surface area (Å²) in [6, 6.07) is 66.6. The minimum absolute atomic E-state index is 0.0390. The molecule has 0 spiro atoms. The van der Waals surface area contributed by atoms with E-state index in [1.54, 1.807) is 0 Å². The lowest BCUT2D eigenvalue weighted by Crippen LogP contribution is -2.20. The maximum atomic E-state index is 15.4. The first-order chi connectivity index (χ1) is 28.3. The number of para-hydroxylation sites is 4. The van der Waals surface area contributed by atoms with Crippen molar-refractivity contribution in [3.63, 3.8) is 0 Å². The average Bonchev–Trinajstić information content (AvgIpc) is 3.91. The quantitative estimate of drug-likeness (QED) is 0.167. The van der Waals surface area contributed by atoms with Crippen molar-refractivity contribution in [2.45, 2.75) is 0 Å². The van der Waals surface area contributed by atoms with E-state index in [1.165, 1.54) is 33.0 Å². The fourth-order valence-corrected chi connectivity index (χ4v) is 10.1. The molecule has 0 saturated heterocycles. The van der Waals surface area contributed by atoms with Crippen LogP contribution < -0.4 is 5.56 Å². The van der Waals surface area contributed by atoms with Crippen molar-refractivity contribution in [1.82, 2.24) is 13.7 Å². The fourth-order valence-electron chi connectivity index (χ4n) is 10.1. The molecule has 1 aliphatic carbocycles. The maximum Gasteiger partial charge on any atom is 0.263 e. The lowest BCUT2D eigenvalue weighted by molar-refractivity contribution is 1.06. The number of nitrogens with zero attached hydrogens (tertiary/aromatic N) is 3. The molecule has 57 heavy (non-hydrogen) atoms. The molecular weight excluding hydrogens is 695 g/mol. The van der Waals surface area contributed by atoms with Crippen molar-refractivity contribution in [3.8, 4) is 39.3 Å². The van der Waals surface area contributed by atoms with Gasteiger partial charge in [0.25, 0.3) is 5.56 Å². The zero-order chi connectivity index (χ0) is 37.4. The van der Waals surface area contributed by atoms with E-state index >= 15 is 4.79 Å². The molecule has 0 saturated carbocycles. The van der Waals surface area contributed by atoms with Crippen LogP contribution in [0.1, 0.15) is 0 Å². The molecule has 0 fully saturated rings. The van der Waals surface area contributed by atoms with Gasteiger partial charge in [0.05, 0.1) is 33.3 Å². The van der Waals surface area contributed by atoms with Gasteiger partial charge in [0, 0.05) is 54.5 Å². The van der Waals surface area contributed by atoms with E-state index in [0.29, 0.717) is 5.39 Å². The molecule has 0 aliphatic heterocycles. The van der Waals surface area contributed by atoms with Gasteiger partial charge in [-0.15, -0.1) is 0 Å². The van der Waals surface area contributed by atoms with Gasteiger partial charge in [0.15, 0.2) is 0 Å². The van der Waals surface area contributed by atoms with Crippen LogP contribution in [0.3, 0.4) is 0 Å². The van der Waals surface area contributed by atoms with E-state index < -0.39 is 0 Å². The number of benzene rings is 9. The topological polar surface area (TPSA) is 31.9 Å². The highest BCUT2D eigenvalue weighted by Crippen LogP contribution is 2.50. The number of hydrogen-bond acceptors (Lipinski definition) is 1. The molecule has 4 heteroatoms. The minimum atomic E-state index is -0.0390. The zero-order valence-corrected chi connectivity index (χ0v) is 30.6. The molecule has 0 atom stereocenters. The van der Waals surface area contributed by atoms with Gasteiger partial charge < -0.3 is 9.13 Å². The molecule has 0 amide bonds. The van der Waals surface area contributed by atoms with Crippen molar-refractivity contribution >= 4 is 76.1 Å². The maximum absolute atomic E-state index is 15.4. The molecule has 9 aromatic carbocycles. The Bertz CT molecular complexity index is 3730. The van der Waals surface area contributed by atoms with Gasteiger partial charge in [-0.2, -0.15) is 0 Å². The molecular formula is C53H31N3O. The molecule has 1 aliphatic rings. The number of rotatable bonds is 3. The van der Waals surface area contributed by atoms with Gasteiger partial charge in [0.2, 0.25) is 0 Å². The Morgan fingerprint density at radius 1 is 0.281 bits per heavy atom. The molecule has 0 radical (unpaired) electrons. The normalized spacial score (nSPS) is 12.3. The van der Waals surface area contributed by atoms with Crippen LogP contribution in [0.25, 0.3) is 115 Å². The summed E-state index contributed by atoms with van der Waals surface area (Å²) in [5.74, 6) is 0. The summed E-state index contributed by atoms with van der Waals surface area (Å²) < 4.78 is 6.71. The summed E-state index contributed by atoms with van der Waals surface area (Å²) in [7, 11) is 0. The predicted octanol–water partition coefficient (Wildman–Crippen LogP) is 13.1. The van der Waals surface area contributed by atoms with Crippen LogP contribution in [0.2, 0.25) is 0 Å². The SMILES string of the molecule is O=c1c2ccc3c(c4ccccc4n3-c3ccc4c5c(cccc35)-c3ccccc3-4)c2c2ccc3c4ccccc4n(-c4ccccc4)c3c2n1-c1ccccc1. The Hall–Kier alpha value is -7.69. The molecule has 0 bridgehead atoms. The second-order valence-corrected chi connectivity index (χ2v) is 15.2. The van der Waals surface area contributed by atoms with Crippen LogP contribution in [0, 0.1) is 0 Å². The summed E-state index contributed by atoms with van der Waals surface area (Å²) in [6.45, 7) is 0. The number of aromatic nitrogens is 3. The Balaban J connectivity index is 1.24. The van der Waals surface area contributed by atoms with E-state index in [9.17, 15) is 0 Å². The van der Waals surface area contributed by atoms with E-state index in [4.69, 9.17) is 0 Å². The number of hydrogen-bond donors (Lipinski definition) is 0. The fraction of sp³-hybridized carbons (Fsp3) is 0. The Morgan fingerprint density at radius 3 is 1.58 bits per heavy atom. The highest BCUT2D eigenvalue weighted by Gasteiger charge is 2.26. The summed E-state index contributed by atoms with van der Waals surface area (Å²) >= 11 is 0. The van der Waals surface area contributed by atoms with E-state index in [0.717, 1.165) is 77.0 Å². The van der Waals surface area contributed by atoms with Crippen molar-refractivity contribution in [3.05, 3.63) is 198 Å². The van der Waals surface area contributed by atoms with Crippen LogP contribution in [0.5, 0.6) is 0 Å². The van der Waals surface area contributed by atoms with Gasteiger partial charge >= 0.3 is 0 Å². The Kier molecular flexibility index (Phi) is 6.01. The van der Waals surface area contributed by atoms with Crippen molar-refractivity contribution in [1.29, 1.82) is 0 Å². The highest BCUT2D eigenvalue weighted by molar-refractivity contribution is 6.31. The van der Waals surface area contributed by atoms with Gasteiger partial charge in [-0.25, -0.2) is 0 Å². The summed E-state index contributed by atoms with van der Waals surface area (Å²) in [5.41, 5.74) is 13.3. The van der Waals surface area contributed by atoms with E-state index in [-0.39, 0.29) is 5.56 Å². The first-order valence-electron chi connectivity index (χ1n) is 19.5. The summed E-state index contributed by atoms with van der Waals surface area (Å²) in [5, 5.41) is 9.65. The molecule has 0 unspecified atom stereocenters. The van der Waals surface area contributed by atoms with Crippen LogP contribution in [0.15, 0.2) is 193 Å². The lowest BCUT2D eigenvalue weighted by Gasteiger charge is -2.18. The third-order valence-corrected chi connectivity index (χ3v) is 12.4. The van der Waals surface area contributed by atoms with Gasteiger partial charge in [0.1, 0.15) is 0 Å². The summed E-state index contributed by atoms with van der Waals surface area (Å²) in [4.78, 5) is 15.4. The van der Waals surface area contributed by atoms with Crippen molar-refractivity contribution in [2.75, 3.05) is 0 Å². The molecule has 3 heterocycles. The predicted molar refractivity (Wildman–Crippen MR) is 238 cm³/mol. The number of fused-ring (bicyclic) bond motifs is 14. The molecule has 12 aromatic rings. The van der Waals surface area contributed by atoms with Crippen LogP contribution in [0.4, 0.5) is 0 Å².